The number of carbonyl (C=O) groups excluding carboxylic acids is 1. The Hall–Kier alpha value is -1.81. The summed E-state index contributed by atoms with van der Waals surface area (Å²) in [6.07, 6.45) is 1.06. The second kappa shape index (κ2) is 6.57. The van der Waals surface area contributed by atoms with Crippen LogP contribution < -0.4 is 11.1 Å². The van der Waals surface area contributed by atoms with Crippen LogP contribution in [0.1, 0.15) is 17.5 Å². The van der Waals surface area contributed by atoms with E-state index in [1.54, 1.807) is 0 Å². The third-order valence-corrected chi connectivity index (χ3v) is 3.46. The number of nitrogen functional groups attached to an aromatic ring is 1. The summed E-state index contributed by atoms with van der Waals surface area (Å²) in [5.74, 6) is -0.00856. The molecule has 0 saturated heterocycles. The summed E-state index contributed by atoms with van der Waals surface area (Å²) in [5, 5.41) is 2.90. The lowest BCUT2D eigenvalue weighted by atomic mass is 10.1. The molecule has 2 rings (SSSR count). The highest BCUT2D eigenvalue weighted by Crippen LogP contribution is 2.19. The number of anilines is 2. The van der Waals surface area contributed by atoms with E-state index < -0.39 is 0 Å². The van der Waals surface area contributed by atoms with Gasteiger partial charge in [0.2, 0.25) is 5.91 Å². The second-order valence-electron chi connectivity index (χ2n) is 4.76. The monoisotopic (exact) mass is 332 g/mol. The number of rotatable bonds is 4. The maximum Gasteiger partial charge on any atom is 0.224 e. The van der Waals surface area contributed by atoms with E-state index in [1.807, 2.05) is 49.4 Å². The number of nitrogens with one attached hydrogen (secondary N) is 1. The first-order chi connectivity index (χ1) is 9.54. The highest BCUT2D eigenvalue weighted by atomic mass is 79.9. The topological polar surface area (TPSA) is 55.1 Å². The molecule has 0 bridgehead atoms. The van der Waals surface area contributed by atoms with Crippen LogP contribution in [-0.2, 0) is 11.2 Å². The van der Waals surface area contributed by atoms with Crippen molar-refractivity contribution in [2.45, 2.75) is 19.8 Å². The van der Waals surface area contributed by atoms with Crippen molar-refractivity contribution in [1.29, 1.82) is 0 Å². The number of para-hydroxylation sites is 1. The molecule has 20 heavy (non-hydrogen) atoms. The zero-order valence-corrected chi connectivity index (χ0v) is 12.9. The van der Waals surface area contributed by atoms with Crippen LogP contribution in [0, 0.1) is 6.92 Å². The molecular weight excluding hydrogens is 316 g/mol. The minimum Gasteiger partial charge on any atom is -0.399 e. The molecule has 0 unspecified atom stereocenters. The molecule has 0 aliphatic heterocycles. The molecule has 2 aromatic rings. The van der Waals surface area contributed by atoms with E-state index in [1.165, 1.54) is 0 Å². The molecule has 0 fully saturated rings. The Bertz CT molecular complexity index is 605. The number of hydrogen-bond acceptors (Lipinski definition) is 2. The Balaban J connectivity index is 1.94. The van der Waals surface area contributed by atoms with Gasteiger partial charge in [-0.05, 0) is 48.7 Å². The summed E-state index contributed by atoms with van der Waals surface area (Å²) in [7, 11) is 0. The summed E-state index contributed by atoms with van der Waals surface area (Å²) < 4.78 is 0.958. The van der Waals surface area contributed by atoms with Crippen LogP contribution in [-0.4, -0.2) is 5.91 Å². The third kappa shape index (κ3) is 4.10. The van der Waals surface area contributed by atoms with Gasteiger partial charge in [-0.15, -0.1) is 0 Å². The van der Waals surface area contributed by atoms with E-state index in [0.29, 0.717) is 12.8 Å². The van der Waals surface area contributed by atoms with Crippen LogP contribution in [0.3, 0.4) is 0 Å². The third-order valence-electron chi connectivity index (χ3n) is 3.00. The standard InChI is InChI=1S/C16H17BrN2O/c1-11-8-13(17)10-14(9-11)19-16(20)7-6-12-4-2-3-5-15(12)18/h2-5,8-10H,6-7,18H2,1H3,(H,19,20). The fourth-order valence-electron chi connectivity index (χ4n) is 2.04. The molecule has 0 aromatic heterocycles. The number of carbonyl (C=O) groups is 1. The van der Waals surface area contributed by atoms with Gasteiger partial charge in [-0.25, -0.2) is 0 Å². The molecule has 3 nitrogen and oxygen atoms in total. The molecule has 0 heterocycles. The van der Waals surface area contributed by atoms with E-state index in [2.05, 4.69) is 21.2 Å². The summed E-state index contributed by atoms with van der Waals surface area (Å²) in [6, 6.07) is 13.5. The van der Waals surface area contributed by atoms with E-state index in [9.17, 15) is 4.79 Å². The average molecular weight is 333 g/mol. The molecular formula is C16H17BrN2O. The summed E-state index contributed by atoms with van der Waals surface area (Å²) in [5.41, 5.74) is 9.51. The molecule has 1 amide bonds. The number of halogens is 1. The van der Waals surface area contributed by atoms with Crippen molar-refractivity contribution in [1.82, 2.24) is 0 Å². The molecule has 0 atom stereocenters. The fraction of sp³-hybridized carbons (Fsp3) is 0.188. The highest BCUT2D eigenvalue weighted by Gasteiger charge is 2.06. The highest BCUT2D eigenvalue weighted by molar-refractivity contribution is 9.10. The summed E-state index contributed by atoms with van der Waals surface area (Å²) in [6.45, 7) is 1.99. The second-order valence-corrected chi connectivity index (χ2v) is 5.68. The van der Waals surface area contributed by atoms with E-state index >= 15 is 0 Å². The van der Waals surface area contributed by atoms with E-state index in [0.717, 1.165) is 27.0 Å². The number of hydrogen-bond donors (Lipinski definition) is 2. The minimum atomic E-state index is -0.00856. The van der Waals surface area contributed by atoms with Gasteiger partial charge in [0.1, 0.15) is 0 Å². The van der Waals surface area contributed by atoms with Crippen molar-refractivity contribution in [2.75, 3.05) is 11.1 Å². The first-order valence-electron chi connectivity index (χ1n) is 6.45. The lowest BCUT2D eigenvalue weighted by Gasteiger charge is -2.08. The number of benzene rings is 2. The normalized spacial score (nSPS) is 10.3. The van der Waals surface area contributed by atoms with Gasteiger partial charge in [-0.3, -0.25) is 4.79 Å². The van der Waals surface area contributed by atoms with Gasteiger partial charge in [0, 0.05) is 22.3 Å². The fourth-order valence-corrected chi connectivity index (χ4v) is 2.65. The van der Waals surface area contributed by atoms with Gasteiger partial charge in [0.05, 0.1) is 0 Å². The van der Waals surface area contributed by atoms with Crippen LogP contribution in [0.15, 0.2) is 46.9 Å². The molecule has 0 saturated carbocycles. The average Bonchev–Trinajstić information content (AvgIpc) is 2.36. The maximum atomic E-state index is 12.0. The van der Waals surface area contributed by atoms with Gasteiger partial charge in [0.15, 0.2) is 0 Å². The van der Waals surface area contributed by atoms with Crippen molar-refractivity contribution < 1.29 is 4.79 Å². The van der Waals surface area contributed by atoms with Crippen LogP contribution >= 0.6 is 15.9 Å². The van der Waals surface area contributed by atoms with Crippen molar-refractivity contribution in [3.05, 3.63) is 58.1 Å². The Morgan fingerprint density at radius 3 is 2.70 bits per heavy atom. The lowest BCUT2D eigenvalue weighted by molar-refractivity contribution is -0.116. The quantitative estimate of drug-likeness (QED) is 0.834. The van der Waals surface area contributed by atoms with Gasteiger partial charge in [-0.1, -0.05) is 34.1 Å². The SMILES string of the molecule is Cc1cc(Br)cc(NC(=O)CCc2ccccc2N)c1. The van der Waals surface area contributed by atoms with E-state index in [-0.39, 0.29) is 5.91 Å². The van der Waals surface area contributed by atoms with Gasteiger partial charge in [-0.2, -0.15) is 0 Å². The number of amides is 1. The molecule has 3 N–H and O–H groups in total. The van der Waals surface area contributed by atoms with Crippen LogP contribution in [0.4, 0.5) is 11.4 Å². The Morgan fingerprint density at radius 1 is 1.25 bits per heavy atom. The molecule has 0 radical (unpaired) electrons. The molecule has 0 spiro atoms. The Labute approximate surface area is 127 Å². The van der Waals surface area contributed by atoms with Crippen LogP contribution in [0.5, 0.6) is 0 Å². The number of aryl methyl sites for hydroxylation is 2. The summed E-state index contributed by atoms with van der Waals surface area (Å²) >= 11 is 3.42. The van der Waals surface area contributed by atoms with Gasteiger partial charge in [0.25, 0.3) is 0 Å². The predicted octanol–water partition coefficient (Wildman–Crippen LogP) is 3.91. The largest absolute Gasteiger partial charge is 0.399 e. The summed E-state index contributed by atoms with van der Waals surface area (Å²) in [4.78, 5) is 12.0. The smallest absolute Gasteiger partial charge is 0.224 e. The zero-order valence-electron chi connectivity index (χ0n) is 11.3. The lowest BCUT2D eigenvalue weighted by Crippen LogP contribution is -2.12. The molecule has 0 aliphatic rings. The molecule has 2 aromatic carbocycles. The predicted molar refractivity (Wildman–Crippen MR) is 86.7 cm³/mol. The molecule has 104 valence electrons. The van der Waals surface area contributed by atoms with Crippen molar-refractivity contribution >= 4 is 33.2 Å². The van der Waals surface area contributed by atoms with Gasteiger partial charge >= 0.3 is 0 Å². The first-order valence-corrected chi connectivity index (χ1v) is 7.24. The van der Waals surface area contributed by atoms with Crippen LogP contribution in [0.25, 0.3) is 0 Å². The zero-order chi connectivity index (χ0) is 14.5. The van der Waals surface area contributed by atoms with Crippen molar-refractivity contribution in [3.8, 4) is 0 Å². The molecule has 4 heteroatoms. The first kappa shape index (κ1) is 14.6. The Kier molecular flexibility index (Phi) is 4.79. The van der Waals surface area contributed by atoms with Crippen molar-refractivity contribution in [3.63, 3.8) is 0 Å². The molecule has 0 aliphatic carbocycles. The maximum absolute atomic E-state index is 12.0. The number of nitrogens with two attached hydrogens (primary N) is 1. The van der Waals surface area contributed by atoms with E-state index in [4.69, 9.17) is 5.73 Å². The van der Waals surface area contributed by atoms with Crippen LogP contribution in [0.2, 0.25) is 0 Å². The van der Waals surface area contributed by atoms with Crippen molar-refractivity contribution in [2.24, 2.45) is 0 Å². The Morgan fingerprint density at radius 2 is 2.00 bits per heavy atom. The minimum absolute atomic E-state index is 0.00856. The van der Waals surface area contributed by atoms with Gasteiger partial charge < -0.3 is 11.1 Å².